The van der Waals surface area contributed by atoms with Crippen LogP contribution < -0.4 is 10.1 Å². The molecular weight excluding hydrogens is 433 g/mol. The van der Waals surface area contributed by atoms with Crippen molar-refractivity contribution in [1.29, 1.82) is 0 Å². The topological polar surface area (TPSA) is 65.4 Å². The number of carbonyl (C=O) groups is 1. The number of nitrogens with one attached hydrogen (secondary N) is 1. The number of benzene rings is 2. The molecule has 1 aliphatic heterocycles. The lowest BCUT2D eigenvalue weighted by Gasteiger charge is -2.20. The van der Waals surface area contributed by atoms with Crippen LogP contribution in [0.5, 0.6) is 5.75 Å². The van der Waals surface area contributed by atoms with Gasteiger partial charge in [-0.2, -0.15) is 5.10 Å². The Morgan fingerprint density at radius 3 is 2.68 bits per heavy atom. The largest absolute Gasteiger partial charge is 0.482 e. The second-order valence-electron chi connectivity index (χ2n) is 9.43. The number of amides is 1. The molecule has 0 unspecified atom stereocenters. The number of ether oxygens (including phenoxy) is 2. The Bertz CT molecular complexity index is 1200. The minimum absolute atomic E-state index is 0.0204. The number of carbonyl (C=O) groups excluding carboxylic acids is 1. The van der Waals surface area contributed by atoms with E-state index < -0.39 is 0 Å². The van der Waals surface area contributed by atoms with Gasteiger partial charge in [0.25, 0.3) is 5.91 Å². The summed E-state index contributed by atoms with van der Waals surface area (Å²) in [5.74, 6) is 0.206. The van der Waals surface area contributed by atoms with E-state index in [1.807, 2.05) is 25.1 Å². The number of unbranched alkanes of at least 4 members (excludes halogenated alkanes) is 1. The molecule has 1 aliphatic carbocycles. The first-order valence-corrected chi connectivity index (χ1v) is 12.0. The van der Waals surface area contributed by atoms with Crippen molar-refractivity contribution in [2.45, 2.75) is 46.1 Å². The maximum absolute atomic E-state index is 13.7. The molecule has 3 aromatic rings. The van der Waals surface area contributed by atoms with Gasteiger partial charge >= 0.3 is 0 Å². The van der Waals surface area contributed by atoms with Crippen LogP contribution in [0.2, 0.25) is 0 Å². The van der Waals surface area contributed by atoms with Crippen LogP contribution in [0.3, 0.4) is 0 Å². The van der Waals surface area contributed by atoms with Crippen LogP contribution in [0.25, 0.3) is 22.4 Å². The van der Waals surface area contributed by atoms with Crippen LogP contribution in [-0.4, -0.2) is 35.5 Å². The van der Waals surface area contributed by atoms with E-state index in [2.05, 4.69) is 16.9 Å². The molecule has 0 saturated heterocycles. The molecule has 5 rings (SSSR count). The van der Waals surface area contributed by atoms with E-state index in [0.717, 1.165) is 73.5 Å². The number of fused-ring (bicyclic) bond motifs is 1. The lowest BCUT2D eigenvalue weighted by molar-refractivity contribution is -0.118. The van der Waals surface area contributed by atoms with Gasteiger partial charge in [0.05, 0.1) is 23.7 Å². The third-order valence-corrected chi connectivity index (χ3v) is 6.64. The fourth-order valence-electron chi connectivity index (χ4n) is 4.56. The molecule has 2 heterocycles. The molecule has 6 nitrogen and oxygen atoms in total. The SMILES string of the molecule is CCCCOCC1(Cn2nc(C)c(-c3ccc4c(c3)NC(=O)CO4)c2-c2ccc(F)cc2)CC1. The highest BCUT2D eigenvalue weighted by Crippen LogP contribution is 2.49. The number of hydrogen-bond acceptors (Lipinski definition) is 4. The number of aryl methyl sites for hydroxylation is 1. The Morgan fingerprint density at radius 2 is 1.94 bits per heavy atom. The van der Waals surface area contributed by atoms with Crippen LogP contribution in [0, 0.1) is 18.2 Å². The van der Waals surface area contributed by atoms with Crippen molar-refractivity contribution in [2.75, 3.05) is 25.1 Å². The fraction of sp³-hybridized carbons (Fsp3) is 0.407. The Morgan fingerprint density at radius 1 is 1.18 bits per heavy atom. The second-order valence-corrected chi connectivity index (χ2v) is 9.43. The zero-order chi connectivity index (χ0) is 23.7. The highest BCUT2D eigenvalue weighted by atomic mass is 19.1. The standard InChI is InChI=1S/C27H30FN3O3/c1-3-4-13-33-17-27(11-12-27)16-31-26(19-5-8-21(28)9-6-19)25(18(2)30-31)20-7-10-23-22(14-20)29-24(32)15-34-23/h5-10,14H,3-4,11-13,15-17H2,1-2H3,(H,29,32). The van der Waals surface area contributed by atoms with Gasteiger partial charge in [-0.05, 0) is 68.1 Å². The molecule has 0 atom stereocenters. The van der Waals surface area contributed by atoms with Crippen molar-refractivity contribution in [1.82, 2.24) is 9.78 Å². The Labute approximate surface area is 199 Å². The molecule has 178 valence electrons. The molecule has 1 N–H and O–H groups in total. The predicted molar refractivity (Wildman–Crippen MR) is 129 cm³/mol. The Hall–Kier alpha value is -3.19. The first-order valence-electron chi connectivity index (χ1n) is 12.0. The van der Waals surface area contributed by atoms with Crippen molar-refractivity contribution in [2.24, 2.45) is 5.41 Å². The average Bonchev–Trinajstić information content (AvgIpc) is 3.51. The highest BCUT2D eigenvalue weighted by Gasteiger charge is 2.44. The van der Waals surface area contributed by atoms with E-state index in [1.54, 1.807) is 12.1 Å². The van der Waals surface area contributed by atoms with Gasteiger partial charge in [-0.1, -0.05) is 19.4 Å². The molecule has 7 heteroatoms. The maximum Gasteiger partial charge on any atom is 0.262 e. The van der Waals surface area contributed by atoms with Crippen LogP contribution in [0.15, 0.2) is 42.5 Å². The summed E-state index contributed by atoms with van der Waals surface area (Å²) in [6.45, 7) is 6.44. The minimum atomic E-state index is -0.273. The Kier molecular flexibility index (Phi) is 6.13. The fourth-order valence-corrected chi connectivity index (χ4v) is 4.56. The molecule has 2 aromatic carbocycles. The number of halogens is 1. The summed E-state index contributed by atoms with van der Waals surface area (Å²) in [5.41, 5.74) is 5.36. The van der Waals surface area contributed by atoms with Gasteiger partial charge in [0, 0.05) is 29.7 Å². The van der Waals surface area contributed by atoms with Gasteiger partial charge in [0.2, 0.25) is 0 Å². The molecular formula is C27H30FN3O3. The van der Waals surface area contributed by atoms with Gasteiger partial charge in [-0.15, -0.1) is 0 Å². The molecule has 1 saturated carbocycles. The van der Waals surface area contributed by atoms with E-state index >= 15 is 0 Å². The summed E-state index contributed by atoms with van der Waals surface area (Å²) in [5, 5.41) is 7.82. The molecule has 0 bridgehead atoms. The summed E-state index contributed by atoms with van der Waals surface area (Å²) < 4.78 is 27.3. The third kappa shape index (κ3) is 4.57. The van der Waals surface area contributed by atoms with Crippen molar-refractivity contribution < 1.29 is 18.7 Å². The quantitative estimate of drug-likeness (QED) is 0.420. The first kappa shape index (κ1) is 22.6. The average molecular weight is 464 g/mol. The van der Waals surface area contributed by atoms with Crippen LogP contribution in [-0.2, 0) is 16.1 Å². The van der Waals surface area contributed by atoms with E-state index in [-0.39, 0.29) is 23.7 Å². The zero-order valence-corrected chi connectivity index (χ0v) is 19.7. The number of anilines is 1. The summed E-state index contributed by atoms with van der Waals surface area (Å²) in [6.07, 6.45) is 4.41. The molecule has 1 fully saturated rings. The van der Waals surface area contributed by atoms with Crippen LogP contribution in [0.1, 0.15) is 38.3 Å². The number of aromatic nitrogens is 2. The number of nitrogens with zero attached hydrogens (tertiary/aromatic N) is 2. The minimum Gasteiger partial charge on any atom is -0.482 e. The van der Waals surface area contributed by atoms with Crippen LogP contribution >= 0.6 is 0 Å². The van der Waals surface area contributed by atoms with Gasteiger partial charge in [-0.3, -0.25) is 9.48 Å². The summed E-state index contributed by atoms with van der Waals surface area (Å²) >= 11 is 0. The molecule has 0 spiro atoms. The summed E-state index contributed by atoms with van der Waals surface area (Å²) in [4.78, 5) is 11.9. The normalized spacial score (nSPS) is 16.0. The summed E-state index contributed by atoms with van der Waals surface area (Å²) in [7, 11) is 0. The van der Waals surface area contributed by atoms with E-state index in [1.165, 1.54) is 12.1 Å². The number of hydrogen-bond donors (Lipinski definition) is 1. The van der Waals surface area contributed by atoms with Gasteiger partial charge in [0.15, 0.2) is 6.61 Å². The molecule has 34 heavy (non-hydrogen) atoms. The van der Waals surface area contributed by atoms with Crippen molar-refractivity contribution in [3.05, 3.63) is 54.0 Å². The first-order chi connectivity index (χ1) is 16.5. The smallest absolute Gasteiger partial charge is 0.262 e. The van der Waals surface area contributed by atoms with Gasteiger partial charge in [-0.25, -0.2) is 4.39 Å². The van der Waals surface area contributed by atoms with E-state index in [9.17, 15) is 9.18 Å². The highest BCUT2D eigenvalue weighted by molar-refractivity contribution is 5.97. The van der Waals surface area contributed by atoms with Crippen molar-refractivity contribution in [3.8, 4) is 28.1 Å². The summed E-state index contributed by atoms with van der Waals surface area (Å²) in [6, 6.07) is 12.3. The second kappa shape index (κ2) is 9.22. The lowest BCUT2D eigenvalue weighted by atomic mass is 9.97. The molecule has 0 radical (unpaired) electrons. The molecule has 2 aliphatic rings. The van der Waals surface area contributed by atoms with Gasteiger partial charge in [0.1, 0.15) is 11.6 Å². The third-order valence-electron chi connectivity index (χ3n) is 6.64. The lowest BCUT2D eigenvalue weighted by Crippen LogP contribution is -2.25. The van der Waals surface area contributed by atoms with E-state index in [0.29, 0.717) is 11.4 Å². The predicted octanol–water partition coefficient (Wildman–Crippen LogP) is 5.59. The number of rotatable bonds is 9. The van der Waals surface area contributed by atoms with Crippen LogP contribution in [0.4, 0.5) is 10.1 Å². The van der Waals surface area contributed by atoms with E-state index in [4.69, 9.17) is 14.6 Å². The molecule has 1 amide bonds. The van der Waals surface area contributed by atoms with Crippen molar-refractivity contribution >= 4 is 11.6 Å². The van der Waals surface area contributed by atoms with Gasteiger partial charge < -0.3 is 14.8 Å². The maximum atomic E-state index is 13.7. The monoisotopic (exact) mass is 463 g/mol. The Balaban J connectivity index is 1.54. The van der Waals surface area contributed by atoms with Crippen molar-refractivity contribution in [3.63, 3.8) is 0 Å². The zero-order valence-electron chi connectivity index (χ0n) is 19.7. The molecule has 1 aromatic heterocycles.